The third-order valence-electron chi connectivity index (χ3n) is 10.1. The van der Waals surface area contributed by atoms with Gasteiger partial charge in [-0.15, -0.1) is 0 Å². The van der Waals surface area contributed by atoms with E-state index in [0.717, 1.165) is 75.1 Å². The lowest BCUT2D eigenvalue weighted by Crippen LogP contribution is -2.18. The minimum Gasteiger partial charge on any atom is -0.493 e. The Labute approximate surface area is 345 Å². The first-order valence-corrected chi connectivity index (χ1v) is 20.1. The Balaban J connectivity index is 1.17. The number of aromatic nitrogens is 1. The minimum atomic E-state index is 0.00166. The molecule has 1 fully saturated rings. The van der Waals surface area contributed by atoms with Gasteiger partial charge in [-0.05, 0) is 109 Å². The van der Waals surface area contributed by atoms with Crippen molar-refractivity contribution >= 4 is 23.2 Å². The third-order valence-corrected chi connectivity index (χ3v) is 10.7. The van der Waals surface area contributed by atoms with Gasteiger partial charge in [0.1, 0.15) is 48.9 Å². The number of hydrogen-bond donors (Lipinski definition) is 3. The van der Waals surface area contributed by atoms with Crippen LogP contribution in [0.25, 0.3) is 11.1 Å². The molecule has 1 heterocycles. The zero-order valence-electron chi connectivity index (χ0n) is 32.5. The van der Waals surface area contributed by atoms with Crippen LogP contribution in [0.2, 0.25) is 10.0 Å². The molecule has 57 heavy (non-hydrogen) atoms. The number of ether oxygens (including phenoxy) is 4. The van der Waals surface area contributed by atoms with Crippen molar-refractivity contribution in [1.82, 2.24) is 10.3 Å². The number of aliphatic hydroxyl groups excluding tert-OH is 2. The van der Waals surface area contributed by atoms with Gasteiger partial charge in [0.25, 0.3) is 0 Å². The van der Waals surface area contributed by atoms with E-state index < -0.39 is 0 Å². The fourth-order valence-electron chi connectivity index (χ4n) is 6.56. The van der Waals surface area contributed by atoms with Gasteiger partial charge in [-0.25, -0.2) is 0 Å². The summed E-state index contributed by atoms with van der Waals surface area (Å²) in [7, 11) is 0. The first-order chi connectivity index (χ1) is 27.8. The molecule has 0 atom stereocenters. The van der Waals surface area contributed by atoms with E-state index in [1.165, 1.54) is 19.0 Å². The van der Waals surface area contributed by atoms with Crippen molar-refractivity contribution in [3.05, 3.63) is 134 Å². The summed E-state index contributed by atoms with van der Waals surface area (Å²) < 4.78 is 25.2. The monoisotopic (exact) mass is 809 g/mol. The topological polar surface area (TPSA) is 126 Å². The number of aryl methyl sites for hydroxylation is 1. The van der Waals surface area contributed by atoms with Crippen LogP contribution in [-0.2, 0) is 32.8 Å². The number of pyridine rings is 1. The van der Waals surface area contributed by atoms with Crippen LogP contribution in [0.4, 0.5) is 0 Å². The molecule has 1 aliphatic rings. The molecule has 4 aromatic carbocycles. The SMILES string of the molecule is Cc1c(COc2cc(OCC3CC3)c(CCCCO)cc2Cl)cccc1-c1cccc(COc2cc(OCc3cncc(C#N)c3)c(CNCCO)cc2Cl)c1C. The fourth-order valence-corrected chi connectivity index (χ4v) is 7.04. The number of rotatable bonds is 21. The fraction of sp³-hybridized carbons (Fsp3) is 0.348. The quantitative estimate of drug-likeness (QED) is 0.0622. The molecule has 1 aliphatic carbocycles. The van der Waals surface area contributed by atoms with Crippen molar-refractivity contribution in [1.29, 1.82) is 5.26 Å². The van der Waals surface area contributed by atoms with Crippen LogP contribution in [0.15, 0.2) is 79.1 Å². The van der Waals surface area contributed by atoms with Crippen LogP contribution in [-0.4, -0.2) is 41.6 Å². The molecule has 11 heteroatoms. The summed E-state index contributed by atoms with van der Waals surface area (Å²) in [6.45, 7) is 6.71. The number of unbranched alkanes of at least 4 members (excludes halogenated alkanes) is 1. The summed E-state index contributed by atoms with van der Waals surface area (Å²) in [5.74, 6) is 3.04. The van der Waals surface area contributed by atoms with Crippen molar-refractivity contribution in [3.63, 3.8) is 0 Å². The lowest BCUT2D eigenvalue weighted by Gasteiger charge is -2.19. The lowest BCUT2D eigenvalue weighted by molar-refractivity contribution is 0.279. The van der Waals surface area contributed by atoms with Gasteiger partial charge in [-0.1, -0.05) is 59.6 Å². The predicted molar refractivity (Wildman–Crippen MR) is 223 cm³/mol. The number of halogens is 2. The molecule has 6 rings (SSSR count). The number of benzene rings is 4. The van der Waals surface area contributed by atoms with E-state index in [-0.39, 0.29) is 26.4 Å². The van der Waals surface area contributed by atoms with Crippen LogP contribution in [0.1, 0.15) is 70.2 Å². The van der Waals surface area contributed by atoms with Crippen LogP contribution < -0.4 is 24.3 Å². The Morgan fingerprint density at radius 3 is 1.93 bits per heavy atom. The smallest absolute Gasteiger partial charge is 0.142 e. The molecule has 0 amide bonds. The highest BCUT2D eigenvalue weighted by atomic mass is 35.5. The highest BCUT2D eigenvalue weighted by Gasteiger charge is 2.23. The maximum absolute atomic E-state index is 9.29. The van der Waals surface area contributed by atoms with Crippen LogP contribution in [0.3, 0.4) is 0 Å². The van der Waals surface area contributed by atoms with Gasteiger partial charge in [0.2, 0.25) is 0 Å². The first kappa shape index (κ1) is 41.8. The third kappa shape index (κ3) is 11.4. The minimum absolute atomic E-state index is 0.00166. The second-order valence-electron chi connectivity index (χ2n) is 14.4. The van der Waals surface area contributed by atoms with E-state index in [9.17, 15) is 15.5 Å². The molecule has 3 N–H and O–H groups in total. The van der Waals surface area contributed by atoms with E-state index in [0.29, 0.717) is 65.1 Å². The van der Waals surface area contributed by atoms with Gasteiger partial charge < -0.3 is 34.5 Å². The average molecular weight is 811 g/mol. The summed E-state index contributed by atoms with van der Waals surface area (Å²) in [6, 6.07) is 23.7. The van der Waals surface area contributed by atoms with Crippen molar-refractivity contribution in [2.75, 3.05) is 26.4 Å². The van der Waals surface area contributed by atoms with Crippen molar-refractivity contribution in [2.24, 2.45) is 5.92 Å². The van der Waals surface area contributed by atoms with Gasteiger partial charge >= 0.3 is 0 Å². The molecule has 0 aliphatic heterocycles. The molecule has 0 radical (unpaired) electrons. The number of nitrogens with one attached hydrogen (secondary N) is 1. The van der Waals surface area contributed by atoms with Gasteiger partial charge in [-0.2, -0.15) is 5.26 Å². The maximum atomic E-state index is 9.29. The molecule has 1 saturated carbocycles. The first-order valence-electron chi connectivity index (χ1n) is 19.4. The van der Waals surface area contributed by atoms with E-state index in [2.05, 4.69) is 48.4 Å². The van der Waals surface area contributed by atoms with Gasteiger partial charge in [0.15, 0.2) is 0 Å². The van der Waals surface area contributed by atoms with Gasteiger partial charge in [0, 0.05) is 55.3 Å². The molecular weight excluding hydrogens is 761 g/mol. The summed E-state index contributed by atoms with van der Waals surface area (Å²) in [4.78, 5) is 4.14. The summed E-state index contributed by atoms with van der Waals surface area (Å²) in [5, 5.41) is 32.0. The Bertz CT molecular complexity index is 2190. The molecular formula is C46H49Cl2N3O6. The molecule has 5 aromatic rings. The maximum Gasteiger partial charge on any atom is 0.142 e. The Morgan fingerprint density at radius 1 is 0.719 bits per heavy atom. The lowest BCUT2D eigenvalue weighted by atomic mass is 9.92. The zero-order chi connectivity index (χ0) is 40.1. The number of hydrogen-bond acceptors (Lipinski definition) is 9. The number of nitrogens with zero attached hydrogens (tertiary/aromatic N) is 2. The summed E-state index contributed by atoms with van der Waals surface area (Å²) in [5.41, 5.74) is 9.46. The number of nitriles is 1. The summed E-state index contributed by atoms with van der Waals surface area (Å²) in [6.07, 6.45) is 7.94. The van der Waals surface area contributed by atoms with Crippen molar-refractivity contribution in [3.8, 4) is 40.2 Å². The molecule has 0 spiro atoms. The molecule has 298 valence electrons. The normalized spacial score (nSPS) is 12.3. The Hall–Kier alpha value is -4.82. The van der Waals surface area contributed by atoms with E-state index in [1.807, 2.05) is 36.4 Å². The Morgan fingerprint density at radius 2 is 1.33 bits per heavy atom. The highest BCUT2D eigenvalue weighted by Crippen LogP contribution is 2.38. The molecule has 9 nitrogen and oxygen atoms in total. The zero-order valence-corrected chi connectivity index (χ0v) is 34.0. The largest absolute Gasteiger partial charge is 0.493 e. The van der Waals surface area contributed by atoms with E-state index in [4.69, 9.17) is 42.1 Å². The van der Waals surface area contributed by atoms with Gasteiger partial charge in [-0.3, -0.25) is 4.98 Å². The van der Waals surface area contributed by atoms with Crippen LogP contribution >= 0.6 is 23.2 Å². The molecule has 1 aromatic heterocycles. The van der Waals surface area contributed by atoms with E-state index >= 15 is 0 Å². The molecule has 0 bridgehead atoms. The standard InChI is InChI=1S/C46H49Cl2N3O6/c1-30-36(28-56-45-20-43(54-26-32-12-13-32)35(18-41(45)47)7-3-4-15-52)8-5-10-39(30)40-11-6-9-37(31(40)2)29-57-46-21-44(38(19-42(46)48)25-50-14-16-53)55-27-34-17-33(22-49)23-51-24-34/h5-6,8-11,17-21,23-24,32,50,52-53H,3-4,7,12-16,25-29H2,1-2H3. The predicted octanol–water partition coefficient (Wildman–Crippen LogP) is 9.47. The molecule has 0 saturated heterocycles. The molecule has 0 unspecified atom stereocenters. The summed E-state index contributed by atoms with van der Waals surface area (Å²) >= 11 is 13.5. The van der Waals surface area contributed by atoms with Crippen LogP contribution in [0.5, 0.6) is 23.0 Å². The van der Waals surface area contributed by atoms with Gasteiger partial charge in [0.05, 0.1) is 28.8 Å². The highest BCUT2D eigenvalue weighted by molar-refractivity contribution is 6.32. The number of aliphatic hydroxyl groups is 2. The second-order valence-corrected chi connectivity index (χ2v) is 15.2. The van der Waals surface area contributed by atoms with Crippen molar-refractivity contribution < 1.29 is 29.2 Å². The Kier molecular flexibility index (Phi) is 15.1. The van der Waals surface area contributed by atoms with Crippen molar-refractivity contribution in [2.45, 2.75) is 72.3 Å². The van der Waals surface area contributed by atoms with E-state index in [1.54, 1.807) is 18.3 Å². The average Bonchev–Trinajstić information content (AvgIpc) is 4.05. The van der Waals surface area contributed by atoms with Crippen LogP contribution in [0, 0.1) is 31.1 Å². The second kappa shape index (κ2) is 20.6.